The summed E-state index contributed by atoms with van der Waals surface area (Å²) in [7, 11) is 0. The van der Waals surface area contributed by atoms with Gasteiger partial charge in [0.25, 0.3) is 0 Å². The minimum absolute atomic E-state index is 0.328. The molecule has 3 aromatic heterocycles. The van der Waals surface area contributed by atoms with Crippen molar-refractivity contribution < 1.29 is 0 Å². The highest BCUT2D eigenvalue weighted by Crippen LogP contribution is 2.22. The highest BCUT2D eigenvalue weighted by Gasteiger charge is 2.08. The van der Waals surface area contributed by atoms with Crippen molar-refractivity contribution >= 4 is 29.1 Å². The van der Waals surface area contributed by atoms with Crippen LogP contribution in [0.1, 0.15) is 20.8 Å². The van der Waals surface area contributed by atoms with Crippen LogP contribution in [0.3, 0.4) is 0 Å². The van der Waals surface area contributed by atoms with Gasteiger partial charge < -0.3 is 10.6 Å². The fraction of sp³-hybridized carbons (Fsp3) is 0.263. The summed E-state index contributed by atoms with van der Waals surface area (Å²) in [6, 6.07) is 9.62. The smallest absolute Gasteiger partial charge is 0.227 e. The van der Waals surface area contributed by atoms with Gasteiger partial charge >= 0.3 is 0 Å². The van der Waals surface area contributed by atoms with Crippen LogP contribution in [0.4, 0.5) is 17.5 Å². The van der Waals surface area contributed by atoms with Gasteiger partial charge in [-0.1, -0.05) is 25.4 Å². The first-order valence-electron chi connectivity index (χ1n) is 8.46. The van der Waals surface area contributed by atoms with Crippen LogP contribution in [0.5, 0.6) is 0 Å². The van der Waals surface area contributed by atoms with E-state index in [4.69, 9.17) is 11.6 Å². The van der Waals surface area contributed by atoms with Crippen molar-refractivity contribution in [3.05, 3.63) is 54.1 Å². The van der Waals surface area contributed by atoms with Gasteiger partial charge in [0, 0.05) is 41.9 Å². The number of nitrogens with one attached hydrogen (secondary N) is 2. The SMILES string of the molecule is CC(C)C(C)Nc1cc(Nc2nccc(-c3ccnc(Cl)c3)n2)ccn1. The average molecular weight is 369 g/mol. The van der Waals surface area contributed by atoms with Crippen molar-refractivity contribution in [3.8, 4) is 11.3 Å². The highest BCUT2D eigenvalue weighted by molar-refractivity contribution is 6.29. The fourth-order valence-electron chi connectivity index (χ4n) is 2.26. The second-order valence-corrected chi connectivity index (χ2v) is 6.75. The number of rotatable bonds is 6. The monoisotopic (exact) mass is 368 g/mol. The minimum Gasteiger partial charge on any atom is -0.367 e. The summed E-state index contributed by atoms with van der Waals surface area (Å²) >= 11 is 5.96. The van der Waals surface area contributed by atoms with E-state index in [-0.39, 0.29) is 0 Å². The van der Waals surface area contributed by atoms with Crippen LogP contribution in [0.2, 0.25) is 5.15 Å². The maximum atomic E-state index is 5.96. The maximum absolute atomic E-state index is 5.96. The highest BCUT2D eigenvalue weighted by atomic mass is 35.5. The number of pyridine rings is 2. The van der Waals surface area contributed by atoms with E-state index in [0.717, 1.165) is 22.8 Å². The Morgan fingerprint density at radius 2 is 1.69 bits per heavy atom. The molecule has 134 valence electrons. The van der Waals surface area contributed by atoms with Crippen molar-refractivity contribution in [1.29, 1.82) is 0 Å². The second-order valence-electron chi connectivity index (χ2n) is 6.36. The average Bonchev–Trinajstić information content (AvgIpc) is 2.62. The van der Waals surface area contributed by atoms with Crippen molar-refractivity contribution in [3.63, 3.8) is 0 Å². The van der Waals surface area contributed by atoms with Crippen molar-refractivity contribution in [2.24, 2.45) is 5.92 Å². The van der Waals surface area contributed by atoms with Gasteiger partial charge in [-0.2, -0.15) is 0 Å². The molecule has 26 heavy (non-hydrogen) atoms. The summed E-state index contributed by atoms with van der Waals surface area (Å²) in [5.74, 6) is 1.83. The Balaban J connectivity index is 1.78. The minimum atomic E-state index is 0.328. The molecule has 0 aliphatic heterocycles. The first kappa shape index (κ1) is 18.1. The van der Waals surface area contributed by atoms with E-state index in [1.54, 1.807) is 24.7 Å². The molecule has 0 amide bonds. The summed E-state index contributed by atoms with van der Waals surface area (Å²) in [6.45, 7) is 6.48. The second kappa shape index (κ2) is 8.10. The lowest BCUT2D eigenvalue weighted by Gasteiger charge is -2.18. The van der Waals surface area contributed by atoms with E-state index in [0.29, 0.717) is 23.1 Å². The number of nitrogens with zero attached hydrogens (tertiary/aromatic N) is 4. The molecule has 0 saturated heterocycles. The molecular formula is C19H21ClN6. The van der Waals surface area contributed by atoms with Crippen molar-refractivity contribution in [2.75, 3.05) is 10.6 Å². The third-order valence-corrected chi connectivity index (χ3v) is 4.28. The summed E-state index contributed by atoms with van der Waals surface area (Å²) in [5, 5.41) is 7.05. The molecule has 0 spiro atoms. The molecule has 0 radical (unpaired) electrons. The Hall–Kier alpha value is -2.73. The van der Waals surface area contributed by atoms with Crippen LogP contribution in [-0.2, 0) is 0 Å². The lowest BCUT2D eigenvalue weighted by molar-refractivity contribution is 0.558. The van der Waals surface area contributed by atoms with E-state index in [1.165, 1.54) is 0 Å². The third kappa shape index (κ3) is 4.67. The van der Waals surface area contributed by atoms with Gasteiger partial charge in [-0.25, -0.2) is 19.9 Å². The van der Waals surface area contributed by atoms with Crippen LogP contribution in [0.25, 0.3) is 11.3 Å². The van der Waals surface area contributed by atoms with Gasteiger partial charge in [-0.15, -0.1) is 0 Å². The van der Waals surface area contributed by atoms with Crippen LogP contribution < -0.4 is 10.6 Å². The molecule has 2 N–H and O–H groups in total. The largest absolute Gasteiger partial charge is 0.367 e. The van der Waals surface area contributed by atoms with E-state index in [9.17, 15) is 0 Å². The summed E-state index contributed by atoms with van der Waals surface area (Å²) < 4.78 is 0. The molecule has 3 aromatic rings. The standard InChI is InChI=1S/C19H21ClN6/c1-12(2)13(3)24-18-11-15(5-8-22-18)25-19-23-9-6-16(26-19)14-4-7-21-17(20)10-14/h4-13H,1-3H3,(H2,22,23,24,25,26). The molecule has 0 saturated carbocycles. The number of hydrogen-bond donors (Lipinski definition) is 2. The van der Waals surface area contributed by atoms with Crippen molar-refractivity contribution in [2.45, 2.75) is 26.8 Å². The van der Waals surface area contributed by atoms with E-state index < -0.39 is 0 Å². The van der Waals surface area contributed by atoms with E-state index in [2.05, 4.69) is 51.3 Å². The molecule has 6 nitrogen and oxygen atoms in total. The topological polar surface area (TPSA) is 75.6 Å². The Bertz CT molecular complexity index is 883. The van der Waals surface area contributed by atoms with Gasteiger partial charge in [-0.05, 0) is 37.1 Å². The number of aromatic nitrogens is 4. The molecule has 7 heteroatoms. The first-order valence-corrected chi connectivity index (χ1v) is 8.83. The van der Waals surface area contributed by atoms with Gasteiger partial charge in [0.15, 0.2) is 0 Å². The Kier molecular flexibility index (Phi) is 5.63. The molecule has 0 fully saturated rings. The number of hydrogen-bond acceptors (Lipinski definition) is 6. The van der Waals surface area contributed by atoms with Gasteiger partial charge in [0.05, 0.1) is 5.69 Å². The lowest BCUT2D eigenvalue weighted by Crippen LogP contribution is -2.22. The molecule has 0 bridgehead atoms. The fourth-order valence-corrected chi connectivity index (χ4v) is 2.43. The van der Waals surface area contributed by atoms with Crippen LogP contribution in [-0.4, -0.2) is 26.0 Å². The predicted octanol–water partition coefficient (Wildman–Crippen LogP) is 4.79. The van der Waals surface area contributed by atoms with Gasteiger partial charge in [-0.3, -0.25) is 0 Å². The molecule has 3 rings (SSSR count). The van der Waals surface area contributed by atoms with Crippen LogP contribution >= 0.6 is 11.6 Å². The van der Waals surface area contributed by atoms with E-state index >= 15 is 0 Å². The zero-order valence-electron chi connectivity index (χ0n) is 14.9. The van der Waals surface area contributed by atoms with Crippen molar-refractivity contribution in [1.82, 2.24) is 19.9 Å². The molecule has 1 atom stereocenters. The predicted molar refractivity (Wildman–Crippen MR) is 106 cm³/mol. The first-order chi connectivity index (χ1) is 12.5. The molecular weight excluding hydrogens is 348 g/mol. The molecule has 0 aliphatic rings. The maximum Gasteiger partial charge on any atom is 0.227 e. The molecule has 0 aliphatic carbocycles. The Morgan fingerprint density at radius 3 is 2.46 bits per heavy atom. The molecule has 0 aromatic carbocycles. The lowest BCUT2D eigenvalue weighted by atomic mass is 10.1. The zero-order chi connectivity index (χ0) is 18.5. The Morgan fingerprint density at radius 1 is 0.923 bits per heavy atom. The van der Waals surface area contributed by atoms with Gasteiger partial charge in [0.1, 0.15) is 11.0 Å². The summed E-state index contributed by atoms with van der Waals surface area (Å²) in [4.78, 5) is 17.2. The molecule has 1 unspecified atom stereocenters. The molecule has 3 heterocycles. The number of anilines is 3. The van der Waals surface area contributed by atoms with Gasteiger partial charge in [0.2, 0.25) is 5.95 Å². The number of halogens is 1. The normalized spacial score (nSPS) is 12.0. The summed E-state index contributed by atoms with van der Waals surface area (Å²) in [6.07, 6.45) is 5.12. The zero-order valence-corrected chi connectivity index (χ0v) is 15.7. The third-order valence-electron chi connectivity index (χ3n) is 4.07. The van der Waals surface area contributed by atoms with E-state index in [1.807, 2.05) is 24.3 Å². The summed E-state index contributed by atoms with van der Waals surface area (Å²) in [5.41, 5.74) is 2.52. The quantitative estimate of drug-likeness (QED) is 0.609. The van der Waals surface area contributed by atoms with Crippen LogP contribution in [0, 0.1) is 5.92 Å². The van der Waals surface area contributed by atoms with Crippen LogP contribution in [0.15, 0.2) is 48.9 Å². The Labute approximate surface area is 158 Å².